The van der Waals surface area contributed by atoms with E-state index in [1.165, 1.54) is 6.33 Å². The molecule has 0 aliphatic heterocycles. The topological polar surface area (TPSA) is 67.4 Å². The number of carbonyl (C=O) groups excluding carboxylic acids is 1. The fourth-order valence-electron chi connectivity index (χ4n) is 1.58. The summed E-state index contributed by atoms with van der Waals surface area (Å²) in [6.45, 7) is 6.00. The Morgan fingerprint density at radius 3 is 2.72 bits per heavy atom. The zero-order valence-electron chi connectivity index (χ0n) is 11.1. The first-order valence-electron chi connectivity index (χ1n) is 6.08. The van der Waals surface area contributed by atoms with Crippen LogP contribution in [0.25, 0.3) is 0 Å². The van der Waals surface area contributed by atoms with E-state index in [4.69, 9.17) is 4.74 Å². The third-order valence-electron chi connectivity index (χ3n) is 2.61. The predicted molar refractivity (Wildman–Crippen MR) is 69.6 cm³/mol. The van der Waals surface area contributed by atoms with Crippen LogP contribution in [0.3, 0.4) is 0 Å². The predicted octanol–water partition coefficient (Wildman–Crippen LogP) is 1.16. The van der Waals surface area contributed by atoms with Gasteiger partial charge in [-0.05, 0) is 13.8 Å². The number of ether oxygens (including phenoxy) is 1. The van der Waals surface area contributed by atoms with E-state index < -0.39 is 0 Å². The highest BCUT2D eigenvalue weighted by Crippen LogP contribution is 2.09. The molecule has 1 heterocycles. The average Bonchev–Trinajstić information content (AvgIpc) is 2.40. The minimum Gasteiger partial charge on any atom is -0.481 e. The largest absolute Gasteiger partial charge is 0.481 e. The molecule has 0 aromatic carbocycles. The Hall–Kier alpha value is -1.85. The molecule has 1 aromatic rings. The van der Waals surface area contributed by atoms with Crippen LogP contribution in [-0.4, -0.2) is 47.5 Å². The van der Waals surface area contributed by atoms with Gasteiger partial charge in [-0.2, -0.15) is 0 Å². The summed E-state index contributed by atoms with van der Waals surface area (Å²) in [7, 11) is 1.55. The molecule has 6 nitrogen and oxygen atoms in total. The number of methoxy groups -OCH3 is 1. The van der Waals surface area contributed by atoms with Crippen LogP contribution in [0.15, 0.2) is 12.4 Å². The van der Waals surface area contributed by atoms with Gasteiger partial charge in [-0.1, -0.05) is 0 Å². The molecular formula is C12H20N4O2. The molecule has 1 amide bonds. The van der Waals surface area contributed by atoms with Gasteiger partial charge < -0.3 is 15.0 Å². The van der Waals surface area contributed by atoms with Crippen molar-refractivity contribution in [3.8, 4) is 5.88 Å². The van der Waals surface area contributed by atoms with E-state index in [0.29, 0.717) is 24.7 Å². The van der Waals surface area contributed by atoms with Gasteiger partial charge in [0.2, 0.25) is 11.8 Å². The summed E-state index contributed by atoms with van der Waals surface area (Å²) in [5, 5.41) is 3.07. The first-order chi connectivity index (χ1) is 8.71. The summed E-state index contributed by atoms with van der Waals surface area (Å²) in [6.07, 6.45) is 1.88. The molecule has 6 heteroatoms. The van der Waals surface area contributed by atoms with Gasteiger partial charge in [0.05, 0.1) is 7.11 Å². The second kappa shape index (κ2) is 7.47. The third-order valence-corrected chi connectivity index (χ3v) is 2.61. The number of hydrogen-bond acceptors (Lipinski definition) is 5. The van der Waals surface area contributed by atoms with Gasteiger partial charge in [-0.25, -0.2) is 9.97 Å². The number of amides is 1. The van der Waals surface area contributed by atoms with Crippen molar-refractivity contribution in [2.75, 3.05) is 32.1 Å². The SMILES string of the molecule is CCN(CC)C(=O)CCNc1cc(OC)ncn1. The Kier molecular flexibility index (Phi) is 5.90. The normalized spacial score (nSPS) is 9.94. The Morgan fingerprint density at radius 1 is 1.39 bits per heavy atom. The molecular weight excluding hydrogens is 232 g/mol. The second-order valence-corrected chi connectivity index (χ2v) is 3.69. The van der Waals surface area contributed by atoms with Crippen molar-refractivity contribution in [2.24, 2.45) is 0 Å². The maximum Gasteiger partial charge on any atom is 0.224 e. The highest BCUT2D eigenvalue weighted by molar-refractivity contribution is 5.76. The van der Waals surface area contributed by atoms with Crippen molar-refractivity contribution < 1.29 is 9.53 Å². The summed E-state index contributed by atoms with van der Waals surface area (Å²) >= 11 is 0. The fourth-order valence-corrected chi connectivity index (χ4v) is 1.58. The Labute approximate surface area is 107 Å². The maximum absolute atomic E-state index is 11.7. The molecule has 0 unspecified atom stereocenters. The average molecular weight is 252 g/mol. The van der Waals surface area contributed by atoms with Crippen molar-refractivity contribution >= 4 is 11.7 Å². The molecule has 1 rings (SSSR count). The highest BCUT2D eigenvalue weighted by Gasteiger charge is 2.08. The van der Waals surface area contributed by atoms with Gasteiger partial charge >= 0.3 is 0 Å². The van der Waals surface area contributed by atoms with Crippen LogP contribution in [0, 0.1) is 0 Å². The van der Waals surface area contributed by atoms with Crippen LogP contribution >= 0.6 is 0 Å². The molecule has 0 bridgehead atoms. The Morgan fingerprint density at radius 2 is 2.11 bits per heavy atom. The van der Waals surface area contributed by atoms with Crippen LogP contribution in [0.5, 0.6) is 5.88 Å². The summed E-state index contributed by atoms with van der Waals surface area (Å²) in [4.78, 5) is 21.5. The Balaban J connectivity index is 2.39. The highest BCUT2D eigenvalue weighted by atomic mass is 16.5. The molecule has 100 valence electrons. The van der Waals surface area contributed by atoms with Gasteiger partial charge in [0.15, 0.2) is 0 Å². The van der Waals surface area contributed by atoms with E-state index in [0.717, 1.165) is 13.1 Å². The molecule has 18 heavy (non-hydrogen) atoms. The summed E-state index contributed by atoms with van der Waals surface area (Å²) in [5.74, 6) is 1.31. The minimum atomic E-state index is 0.147. The number of rotatable bonds is 7. The standard InChI is InChI=1S/C12H20N4O2/c1-4-16(5-2)12(17)6-7-13-10-8-11(18-3)15-9-14-10/h8-9H,4-7H2,1-3H3,(H,13,14,15). The number of hydrogen-bond donors (Lipinski definition) is 1. The lowest BCUT2D eigenvalue weighted by Crippen LogP contribution is -2.31. The van der Waals surface area contributed by atoms with Crippen LogP contribution < -0.4 is 10.1 Å². The fraction of sp³-hybridized carbons (Fsp3) is 0.583. The summed E-state index contributed by atoms with van der Waals surface area (Å²) < 4.78 is 4.99. The number of anilines is 1. The lowest BCUT2D eigenvalue weighted by molar-refractivity contribution is -0.130. The van der Waals surface area contributed by atoms with Gasteiger partial charge in [0.1, 0.15) is 12.1 Å². The second-order valence-electron chi connectivity index (χ2n) is 3.69. The first-order valence-corrected chi connectivity index (χ1v) is 6.08. The van der Waals surface area contributed by atoms with Crippen LogP contribution in [0.2, 0.25) is 0 Å². The molecule has 1 aromatic heterocycles. The van der Waals surface area contributed by atoms with Gasteiger partial charge in [0, 0.05) is 32.1 Å². The molecule has 0 atom stereocenters. The zero-order chi connectivity index (χ0) is 13.4. The van der Waals surface area contributed by atoms with Crippen molar-refractivity contribution in [2.45, 2.75) is 20.3 Å². The summed E-state index contributed by atoms with van der Waals surface area (Å²) in [5.41, 5.74) is 0. The molecule has 0 saturated carbocycles. The number of nitrogens with zero attached hydrogens (tertiary/aromatic N) is 3. The van der Waals surface area contributed by atoms with Crippen molar-refractivity contribution in [3.63, 3.8) is 0 Å². The van der Waals surface area contributed by atoms with Gasteiger partial charge in [-0.15, -0.1) is 0 Å². The molecule has 0 fully saturated rings. The van der Waals surface area contributed by atoms with E-state index >= 15 is 0 Å². The quantitative estimate of drug-likeness (QED) is 0.788. The van der Waals surface area contributed by atoms with Crippen LogP contribution in [0.1, 0.15) is 20.3 Å². The summed E-state index contributed by atoms with van der Waals surface area (Å²) in [6, 6.07) is 1.70. The van der Waals surface area contributed by atoms with Crippen LogP contribution in [0.4, 0.5) is 5.82 Å². The van der Waals surface area contributed by atoms with Crippen LogP contribution in [-0.2, 0) is 4.79 Å². The van der Waals surface area contributed by atoms with E-state index in [2.05, 4.69) is 15.3 Å². The minimum absolute atomic E-state index is 0.147. The van der Waals surface area contributed by atoms with Crippen molar-refractivity contribution in [1.82, 2.24) is 14.9 Å². The number of nitrogens with one attached hydrogen (secondary N) is 1. The first kappa shape index (κ1) is 14.2. The lowest BCUT2D eigenvalue weighted by atomic mass is 10.3. The third kappa shape index (κ3) is 4.20. The molecule has 0 radical (unpaired) electrons. The Bertz CT molecular complexity index is 380. The van der Waals surface area contributed by atoms with Gasteiger partial charge in [0.25, 0.3) is 0 Å². The smallest absolute Gasteiger partial charge is 0.224 e. The van der Waals surface area contributed by atoms with E-state index in [9.17, 15) is 4.79 Å². The molecule has 0 aliphatic rings. The number of carbonyl (C=O) groups is 1. The van der Waals surface area contributed by atoms with Gasteiger partial charge in [-0.3, -0.25) is 4.79 Å². The molecule has 0 spiro atoms. The zero-order valence-corrected chi connectivity index (χ0v) is 11.1. The molecule has 1 N–H and O–H groups in total. The maximum atomic E-state index is 11.7. The molecule has 0 saturated heterocycles. The number of aromatic nitrogens is 2. The molecule has 0 aliphatic carbocycles. The lowest BCUT2D eigenvalue weighted by Gasteiger charge is -2.18. The van der Waals surface area contributed by atoms with E-state index in [1.54, 1.807) is 13.2 Å². The van der Waals surface area contributed by atoms with Crippen molar-refractivity contribution in [3.05, 3.63) is 12.4 Å². The van der Waals surface area contributed by atoms with E-state index in [-0.39, 0.29) is 5.91 Å². The van der Waals surface area contributed by atoms with Crippen molar-refractivity contribution in [1.29, 1.82) is 0 Å². The monoisotopic (exact) mass is 252 g/mol. The van der Waals surface area contributed by atoms with E-state index in [1.807, 2.05) is 18.7 Å².